The summed E-state index contributed by atoms with van der Waals surface area (Å²) >= 11 is 0. The van der Waals surface area contributed by atoms with Crippen molar-refractivity contribution in [2.75, 3.05) is 26.4 Å². The lowest BCUT2D eigenvalue weighted by molar-refractivity contribution is -0.332. The van der Waals surface area contributed by atoms with E-state index >= 15 is 0 Å². The van der Waals surface area contributed by atoms with Crippen LogP contribution in [-0.2, 0) is 38.0 Å². The lowest BCUT2D eigenvalue weighted by Crippen LogP contribution is -2.61. The number of ether oxygens (including phenoxy) is 6. The second-order valence-electron chi connectivity index (χ2n) is 12.3. The highest BCUT2D eigenvalue weighted by Gasteiger charge is 2.47. The Balaban J connectivity index is 1.83. The van der Waals surface area contributed by atoms with Gasteiger partial charge in [0.15, 0.2) is 18.7 Å². The van der Waals surface area contributed by atoms with Gasteiger partial charge in [-0.05, 0) is 32.1 Å². The minimum atomic E-state index is -1.76. The number of hydrogen-bond donors (Lipinski definition) is 7. The summed E-state index contributed by atoms with van der Waals surface area (Å²) in [5.74, 6) is -1.04. The Morgan fingerprint density at radius 1 is 0.667 bits per heavy atom. The summed E-state index contributed by atoms with van der Waals surface area (Å²) in [6.45, 7) is 1.88. The lowest BCUT2D eigenvalue weighted by Gasteiger charge is -2.42. The van der Waals surface area contributed by atoms with Crippen molar-refractivity contribution in [3.8, 4) is 0 Å². The molecule has 2 saturated heterocycles. The third-order valence-electron chi connectivity index (χ3n) is 8.30. The molecule has 48 heavy (non-hydrogen) atoms. The second kappa shape index (κ2) is 23.6. The minimum absolute atomic E-state index is 0.0980. The van der Waals surface area contributed by atoms with Gasteiger partial charge in [-0.15, -0.1) is 0 Å². The maximum Gasteiger partial charge on any atom is 0.306 e. The first-order valence-electron chi connectivity index (χ1n) is 17.3. The molecule has 0 aromatic carbocycles. The molecule has 15 nitrogen and oxygen atoms in total. The Morgan fingerprint density at radius 3 is 1.85 bits per heavy atom. The monoisotopic (exact) mass is 694 g/mol. The van der Waals surface area contributed by atoms with Gasteiger partial charge in [0.25, 0.3) is 0 Å². The zero-order valence-corrected chi connectivity index (χ0v) is 28.2. The lowest BCUT2D eigenvalue weighted by atomic mass is 9.98. The summed E-state index contributed by atoms with van der Waals surface area (Å²) in [5.41, 5.74) is 0. The highest BCUT2D eigenvalue weighted by atomic mass is 16.7. The maximum absolute atomic E-state index is 12.6. The van der Waals surface area contributed by atoms with E-state index in [1.807, 2.05) is 0 Å². The number of carbonyl (C=O) groups excluding carboxylic acids is 2. The predicted molar refractivity (Wildman–Crippen MR) is 169 cm³/mol. The minimum Gasteiger partial charge on any atom is -0.462 e. The second-order valence-corrected chi connectivity index (χ2v) is 12.3. The van der Waals surface area contributed by atoms with Crippen molar-refractivity contribution >= 4 is 11.9 Å². The summed E-state index contributed by atoms with van der Waals surface area (Å²) < 4.78 is 32.5. The molecule has 0 bridgehead atoms. The molecule has 0 aromatic heterocycles. The van der Waals surface area contributed by atoms with Crippen molar-refractivity contribution in [3.63, 3.8) is 0 Å². The fourth-order valence-electron chi connectivity index (χ4n) is 5.25. The van der Waals surface area contributed by atoms with Gasteiger partial charge < -0.3 is 64.2 Å². The quantitative estimate of drug-likeness (QED) is 0.0435. The van der Waals surface area contributed by atoms with Gasteiger partial charge >= 0.3 is 11.9 Å². The van der Waals surface area contributed by atoms with E-state index < -0.39 is 92.7 Å². The van der Waals surface area contributed by atoms with Gasteiger partial charge in [-0.3, -0.25) is 9.59 Å². The number of aliphatic hydroxyl groups excluding tert-OH is 7. The summed E-state index contributed by atoms with van der Waals surface area (Å²) in [6, 6.07) is 0. The zero-order chi connectivity index (χ0) is 35.5. The van der Waals surface area contributed by atoms with Gasteiger partial charge in [-0.25, -0.2) is 0 Å². The number of carbonyl (C=O) groups is 2. The number of hydrogen-bond acceptors (Lipinski definition) is 15. The van der Waals surface area contributed by atoms with Crippen LogP contribution in [0.2, 0.25) is 0 Å². The van der Waals surface area contributed by atoms with Crippen LogP contribution < -0.4 is 0 Å². The first kappa shape index (κ1) is 42.4. The van der Waals surface area contributed by atoms with Crippen LogP contribution in [0.3, 0.4) is 0 Å². The molecule has 0 aliphatic carbocycles. The maximum atomic E-state index is 12.6. The molecule has 0 amide bonds. The molecule has 11 atom stereocenters. The highest BCUT2D eigenvalue weighted by molar-refractivity contribution is 5.70. The SMILES string of the molecule is CCCCC/C=C\CCCCCCCC(=O)OC(COC(=O)CC)COC1OC(COC2OC(CO)C(O)C(O)C2O)C(O)C(O)C1O. The molecular formula is C33H58O15. The van der Waals surface area contributed by atoms with Crippen molar-refractivity contribution in [1.29, 1.82) is 0 Å². The molecule has 0 radical (unpaired) electrons. The Bertz CT molecular complexity index is 917. The fourth-order valence-corrected chi connectivity index (χ4v) is 5.25. The standard InChI is InChI=1S/C33H58O15/c1-3-5-6-7-8-9-10-11-12-13-14-15-16-25(36)46-21(18-43-24(35)4-2)19-44-32-31(42)29(40)27(38)23(48-32)20-45-33-30(41)28(39)26(37)22(17-34)47-33/h8-9,21-23,26-34,37-42H,3-7,10-20H2,1-2H3/b9-8-. The van der Waals surface area contributed by atoms with E-state index in [-0.39, 0.29) is 26.1 Å². The number of esters is 2. The summed E-state index contributed by atoms with van der Waals surface area (Å²) in [5, 5.41) is 70.9. The molecule has 0 spiro atoms. The largest absolute Gasteiger partial charge is 0.462 e. The van der Waals surface area contributed by atoms with Crippen LogP contribution >= 0.6 is 0 Å². The first-order chi connectivity index (χ1) is 23.0. The third-order valence-corrected chi connectivity index (χ3v) is 8.30. The molecule has 11 unspecified atom stereocenters. The average molecular weight is 695 g/mol. The normalized spacial score (nSPS) is 31.5. The molecular weight excluding hydrogens is 636 g/mol. The predicted octanol–water partition coefficient (Wildman–Crippen LogP) is 0.359. The van der Waals surface area contributed by atoms with Crippen LogP contribution in [0.15, 0.2) is 12.2 Å². The van der Waals surface area contributed by atoms with E-state index in [0.717, 1.165) is 38.5 Å². The third kappa shape index (κ3) is 14.6. The van der Waals surface area contributed by atoms with Gasteiger partial charge in [-0.1, -0.05) is 58.1 Å². The number of aliphatic hydroxyl groups is 7. The van der Waals surface area contributed by atoms with Crippen molar-refractivity contribution < 1.29 is 73.8 Å². The van der Waals surface area contributed by atoms with E-state index in [1.165, 1.54) is 19.3 Å². The molecule has 2 heterocycles. The molecule has 2 aliphatic rings. The molecule has 280 valence electrons. The van der Waals surface area contributed by atoms with Gasteiger partial charge in [0.05, 0.1) is 19.8 Å². The molecule has 2 fully saturated rings. The molecule has 0 aromatic rings. The van der Waals surface area contributed by atoms with Crippen molar-refractivity contribution in [3.05, 3.63) is 12.2 Å². The van der Waals surface area contributed by atoms with Gasteiger partial charge in [0.1, 0.15) is 55.4 Å². The summed E-state index contributed by atoms with van der Waals surface area (Å²) in [7, 11) is 0. The van der Waals surface area contributed by atoms with Crippen molar-refractivity contribution in [2.24, 2.45) is 0 Å². The van der Waals surface area contributed by atoms with Gasteiger partial charge in [0.2, 0.25) is 0 Å². The van der Waals surface area contributed by atoms with Crippen LogP contribution in [0, 0.1) is 0 Å². The number of allylic oxidation sites excluding steroid dienone is 2. The Morgan fingerprint density at radius 2 is 1.23 bits per heavy atom. The topological polar surface area (TPSA) is 231 Å². The summed E-state index contributed by atoms with van der Waals surface area (Å²) in [6.07, 6.45) is -1.59. The van der Waals surface area contributed by atoms with Crippen LogP contribution in [-0.4, -0.2) is 142 Å². The van der Waals surface area contributed by atoms with Crippen LogP contribution in [0.5, 0.6) is 0 Å². The number of rotatable bonds is 23. The van der Waals surface area contributed by atoms with Crippen LogP contribution in [0.4, 0.5) is 0 Å². The van der Waals surface area contributed by atoms with Crippen molar-refractivity contribution in [1.82, 2.24) is 0 Å². The van der Waals surface area contributed by atoms with Gasteiger partial charge in [-0.2, -0.15) is 0 Å². The van der Waals surface area contributed by atoms with E-state index in [2.05, 4.69) is 19.1 Å². The van der Waals surface area contributed by atoms with Crippen LogP contribution in [0.1, 0.15) is 90.9 Å². The van der Waals surface area contributed by atoms with Crippen LogP contribution in [0.25, 0.3) is 0 Å². The fraction of sp³-hybridized carbons (Fsp3) is 0.879. The molecule has 2 rings (SSSR count). The highest BCUT2D eigenvalue weighted by Crippen LogP contribution is 2.26. The smallest absolute Gasteiger partial charge is 0.306 e. The Hall–Kier alpha value is -1.76. The number of unbranched alkanes of at least 4 members (excludes halogenated alkanes) is 8. The zero-order valence-electron chi connectivity index (χ0n) is 28.2. The molecule has 2 aliphatic heterocycles. The Kier molecular flexibility index (Phi) is 20.9. The van der Waals surface area contributed by atoms with Crippen molar-refractivity contribution in [2.45, 2.75) is 158 Å². The van der Waals surface area contributed by atoms with E-state index in [4.69, 9.17) is 28.4 Å². The Labute approximate surface area is 282 Å². The first-order valence-corrected chi connectivity index (χ1v) is 17.3. The van der Waals surface area contributed by atoms with E-state index in [1.54, 1.807) is 6.92 Å². The molecule has 0 saturated carbocycles. The van der Waals surface area contributed by atoms with E-state index in [9.17, 15) is 45.3 Å². The summed E-state index contributed by atoms with van der Waals surface area (Å²) in [4.78, 5) is 24.3. The van der Waals surface area contributed by atoms with Gasteiger partial charge in [0, 0.05) is 12.8 Å². The average Bonchev–Trinajstić information content (AvgIpc) is 3.08. The van der Waals surface area contributed by atoms with E-state index in [0.29, 0.717) is 6.42 Å². The molecule has 7 N–H and O–H groups in total. The molecule has 15 heteroatoms.